The van der Waals surface area contributed by atoms with Crippen LogP contribution in [0.5, 0.6) is 0 Å². The van der Waals surface area contributed by atoms with E-state index < -0.39 is 6.10 Å². The molecule has 0 bridgehead atoms. The second kappa shape index (κ2) is 68.1. The van der Waals surface area contributed by atoms with Crippen molar-refractivity contribution in [3.63, 3.8) is 0 Å². The maximum absolute atomic E-state index is 12.8. The maximum atomic E-state index is 12.8. The predicted molar refractivity (Wildman–Crippen MR) is 344 cm³/mol. The molecular weight excluding hydrogens is 973 g/mol. The summed E-state index contributed by atoms with van der Waals surface area (Å²) in [6.45, 7) is 6.60. The zero-order chi connectivity index (χ0) is 57.1. The number of ether oxygens (including phenoxy) is 3. The van der Waals surface area contributed by atoms with E-state index in [1.165, 1.54) is 270 Å². The maximum Gasteiger partial charge on any atom is 0.306 e. The van der Waals surface area contributed by atoms with Gasteiger partial charge in [0.05, 0.1) is 0 Å². The van der Waals surface area contributed by atoms with E-state index in [0.29, 0.717) is 19.3 Å². The molecule has 0 N–H and O–H groups in total. The van der Waals surface area contributed by atoms with Crippen molar-refractivity contribution in [2.45, 2.75) is 399 Å². The number of unbranched alkanes of at least 4 members (excludes halogenated alkanes) is 49. The summed E-state index contributed by atoms with van der Waals surface area (Å²) in [7, 11) is 0. The number of allylic oxidation sites excluding steroid dienone is 6. The van der Waals surface area contributed by atoms with Crippen LogP contribution in [0.2, 0.25) is 0 Å². The van der Waals surface area contributed by atoms with Crippen LogP contribution in [0.3, 0.4) is 0 Å². The summed E-state index contributed by atoms with van der Waals surface area (Å²) in [5.41, 5.74) is 0. The van der Waals surface area contributed by atoms with Crippen LogP contribution >= 0.6 is 0 Å². The Kier molecular flexibility index (Phi) is 66.1. The van der Waals surface area contributed by atoms with Gasteiger partial charge in [-0.1, -0.05) is 353 Å². The van der Waals surface area contributed by atoms with Gasteiger partial charge in [-0.2, -0.15) is 0 Å². The zero-order valence-electron chi connectivity index (χ0n) is 53.4. The molecule has 79 heavy (non-hydrogen) atoms. The summed E-state index contributed by atoms with van der Waals surface area (Å²) >= 11 is 0. The van der Waals surface area contributed by atoms with E-state index in [-0.39, 0.29) is 31.1 Å². The van der Waals surface area contributed by atoms with Gasteiger partial charge in [0.25, 0.3) is 0 Å². The van der Waals surface area contributed by atoms with Crippen LogP contribution in [0.25, 0.3) is 0 Å². The molecular formula is C73H136O6. The fourth-order valence-electron chi connectivity index (χ4n) is 10.8. The number of rotatable bonds is 66. The van der Waals surface area contributed by atoms with Crippen molar-refractivity contribution in [1.82, 2.24) is 0 Å². The van der Waals surface area contributed by atoms with Gasteiger partial charge in [-0.15, -0.1) is 0 Å². The monoisotopic (exact) mass is 1110 g/mol. The topological polar surface area (TPSA) is 78.9 Å². The Bertz CT molecular complexity index is 1320. The van der Waals surface area contributed by atoms with Crippen molar-refractivity contribution in [1.29, 1.82) is 0 Å². The van der Waals surface area contributed by atoms with Crippen LogP contribution in [-0.4, -0.2) is 37.2 Å². The Hall–Kier alpha value is -2.37. The Labute approximate surface area is 493 Å². The molecule has 1 atom stereocenters. The van der Waals surface area contributed by atoms with Gasteiger partial charge in [-0.25, -0.2) is 0 Å². The van der Waals surface area contributed by atoms with Crippen molar-refractivity contribution >= 4 is 17.9 Å². The first-order chi connectivity index (χ1) is 39.0. The minimum atomic E-state index is -0.771. The highest BCUT2D eigenvalue weighted by atomic mass is 16.6. The van der Waals surface area contributed by atoms with E-state index in [2.05, 4.69) is 57.2 Å². The van der Waals surface area contributed by atoms with Crippen LogP contribution in [-0.2, 0) is 28.6 Å². The molecule has 464 valence electrons. The standard InChI is InChI=1S/C73H136O6/c1-4-7-10-13-15-17-19-21-23-25-27-29-31-32-33-34-35-36-37-38-39-40-42-43-45-47-49-51-53-55-57-60-63-66-72(75)78-69-70(68-77-71(74)65-62-59-12-9-6-3)79-73(76)67-64-61-58-56-54-52-50-48-46-44-41-30-28-26-24-22-20-18-16-14-11-8-5-2/h20,22,26,28,41,44,70H,4-19,21,23-25,27,29-40,42-43,45-69H2,1-3H3/b22-20-,28-26-,44-41-. The molecule has 0 fully saturated rings. The number of carbonyl (C=O) groups excluding carboxylic acids is 3. The lowest BCUT2D eigenvalue weighted by molar-refractivity contribution is -0.167. The zero-order valence-corrected chi connectivity index (χ0v) is 53.4. The quantitative estimate of drug-likeness (QED) is 0.0261. The van der Waals surface area contributed by atoms with Gasteiger partial charge in [-0.05, 0) is 57.8 Å². The minimum absolute atomic E-state index is 0.0714. The van der Waals surface area contributed by atoms with Gasteiger partial charge in [0.2, 0.25) is 0 Å². The first kappa shape index (κ1) is 76.6. The van der Waals surface area contributed by atoms with Crippen molar-refractivity contribution in [2.24, 2.45) is 0 Å². The van der Waals surface area contributed by atoms with E-state index in [1.807, 2.05) is 0 Å². The number of carbonyl (C=O) groups is 3. The SMILES string of the molecule is CCCCCCC/C=C\C/C=C\C/C=C\CCCCCCCCCCC(=O)OC(COC(=O)CCCCCCC)COC(=O)CCCCCCCCCCCCCCCCCCCCCCCCCCCCCCCCCCC. The van der Waals surface area contributed by atoms with Crippen molar-refractivity contribution in [3.8, 4) is 0 Å². The summed E-state index contributed by atoms with van der Waals surface area (Å²) in [4.78, 5) is 38.0. The molecule has 6 nitrogen and oxygen atoms in total. The smallest absolute Gasteiger partial charge is 0.306 e. The third-order valence-corrected chi connectivity index (χ3v) is 16.1. The average molecular weight is 1110 g/mol. The number of hydrogen-bond acceptors (Lipinski definition) is 6. The normalized spacial score (nSPS) is 12.2. The second-order valence-electron chi connectivity index (χ2n) is 24.2. The van der Waals surface area contributed by atoms with Crippen LogP contribution < -0.4 is 0 Å². The molecule has 1 unspecified atom stereocenters. The van der Waals surface area contributed by atoms with Gasteiger partial charge >= 0.3 is 17.9 Å². The molecule has 0 rings (SSSR count). The molecule has 0 aliphatic heterocycles. The molecule has 0 aliphatic rings. The van der Waals surface area contributed by atoms with E-state index >= 15 is 0 Å². The largest absolute Gasteiger partial charge is 0.462 e. The highest BCUT2D eigenvalue weighted by Crippen LogP contribution is 2.19. The fourth-order valence-corrected chi connectivity index (χ4v) is 10.8. The van der Waals surface area contributed by atoms with Gasteiger partial charge in [0.1, 0.15) is 13.2 Å². The Morgan fingerprint density at radius 2 is 0.456 bits per heavy atom. The molecule has 0 aromatic carbocycles. The van der Waals surface area contributed by atoms with E-state index in [1.54, 1.807) is 0 Å². The summed E-state index contributed by atoms with van der Waals surface area (Å²) in [6.07, 6.45) is 85.3. The van der Waals surface area contributed by atoms with E-state index in [4.69, 9.17) is 14.2 Å². The van der Waals surface area contributed by atoms with Crippen LogP contribution in [0, 0.1) is 0 Å². The van der Waals surface area contributed by atoms with Gasteiger partial charge in [-0.3, -0.25) is 14.4 Å². The molecule has 0 heterocycles. The first-order valence-corrected chi connectivity index (χ1v) is 35.5. The van der Waals surface area contributed by atoms with Crippen molar-refractivity contribution in [2.75, 3.05) is 13.2 Å². The van der Waals surface area contributed by atoms with E-state index in [9.17, 15) is 14.4 Å². The molecule has 0 saturated carbocycles. The Morgan fingerprint density at radius 1 is 0.253 bits per heavy atom. The molecule has 0 amide bonds. The lowest BCUT2D eigenvalue weighted by atomic mass is 10.0. The molecule has 0 aliphatic carbocycles. The van der Waals surface area contributed by atoms with Gasteiger partial charge in [0, 0.05) is 19.3 Å². The number of hydrogen-bond donors (Lipinski definition) is 0. The summed E-state index contributed by atoms with van der Waals surface area (Å²) in [6, 6.07) is 0. The third kappa shape index (κ3) is 66.3. The predicted octanol–water partition coefficient (Wildman–Crippen LogP) is 24.3. The minimum Gasteiger partial charge on any atom is -0.462 e. The molecule has 0 aromatic heterocycles. The van der Waals surface area contributed by atoms with E-state index in [0.717, 1.165) is 83.5 Å². The Balaban J connectivity index is 3.90. The highest BCUT2D eigenvalue weighted by molar-refractivity contribution is 5.71. The lowest BCUT2D eigenvalue weighted by Crippen LogP contribution is -2.30. The summed E-state index contributed by atoms with van der Waals surface area (Å²) in [5, 5.41) is 0. The third-order valence-electron chi connectivity index (χ3n) is 16.1. The molecule has 0 saturated heterocycles. The molecule has 0 spiro atoms. The molecule has 0 aromatic rings. The van der Waals surface area contributed by atoms with Crippen LogP contribution in [0.4, 0.5) is 0 Å². The van der Waals surface area contributed by atoms with Gasteiger partial charge in [0.15, 0.2) is 6.10 Å². The Morgan fingerprint density at radius 3 is 0.709 bits per heavy atom. The number of esters is 3. The highest BCUT2D eigenvalue weighted by Gasteiger charge is 2.19. The molecule has 0 radical (unpaired) electrons. The van der Waals surface area contributed by atoms with Crippen LogP contribution in [0.15, 0.2) is 36.5 Å². The second-order valence-corrected chi connectivity index (χ2v) is 24.2. The average Bonchev–Trinajstić information content (AvgIpc) is 3.45. The molecule has 6 heteroatoms. The van der Waals surface area contributed by atoms with Crippen molar-refractivity contribution < 1.29 is 28.6 Å². The first-order valence-electron chi connectivity index (χ1n) is 35.5. The fraction of sp³-hybridized carbons (Fsp3) is 0.877. The summed E-state index contributed by atoms with van der Waals surface area (Å²) in [5.74, 6) is -0.870. The summed E-state index contributed by atoms with van der Waals surface area (Å²) < 4.78 is 16.8. The van der Waals surface area contributed by atoms with Gasteiger partial charge < -0.3 is 14.2 Å². The van der Waals surface area contributed by atoms with Crippen LogP contribution in [0.1, 0.15) is 393 Å². The lowest BCUT2D eigenvalue weighted by Gasteiger charge is -2.18. The van der Waals surface area contributed by atoms with Crippen molar-refractivity contribution in [3.05, 3.63) is 36.5 Å².